The van der Waals surface area contributed by atoms with E-state index in [4.69, 9.17) is 5.73 Å². The number of nitrogens with two attached hydrogens (primary N) is 1. The van der Waals surface area contributed by atoms with Crippen molar-refractivity contribution in [2.24, 2.45) is 5.92 Å². The average Bonchev–Trinajstić information content (AvgIpc) is 2.53. The van der Waals surface area contributed by atoms with Crippen LogP contribution in [0.15, 0.2) is 11.5 Å². The van der Waals surface area contributed by atoms with E-state index in [1.54, 1.807) is 0 Å². The fraction of sp³-hybridized carbons (Fsp3) is 0.429. The third-order valence-corrected chi connectivity index (χ3v) is 7.20. The topological polar surface area (TPSA) is 26.0 Å². The number of aryl methyl sites for hydroxylation is 1. The van der Waals surface area contributed by atoms with Crippen molar-refractivity contribution < 1.29 is 0 Å². The van der Waals surface area contributed by atoms with Crippen LogP contribution in [-0.2, 0) is 5.41 Å². The summed E-state index contributed by atoms with van der Waals surface area (Å²) in [5, 5.41) is 2.59. The predicted molar refractivity (Wildman–Crippen MR) is 114 cm³/mol. The van der Waals surface area contributed by atoms with Gasteiger partial charge < -0.3 is 5.73 Å². The lowest BCUT2D eigenvalue weighted by Gasteiger charge is -2.42. The van der Waals surface area contributed by atoms with E-state index < -0.39 is 0 Å². The van der Waals surface area contributed by atoms with E-state index in [0.717, 1.165) is 5.69 Å². The number of benzene rings is 2. The van der Waals surface area contributed by atoms with Crippen molar-refractivity contribution in [3.8, 4) is 0 Å². The summed E-state index contributed by atoms with van der Waals surface area (Å²) in [6.07, 6.45) is 0. The smallest absolute Gasteiger partial charge is 0.140 e. The molecule has 1 atom stereocenters. The van der Waals surface area contributed by atoms with Gasteiger partial charge in [-0.25, -0.2) is 0 Å². The van der Waals surface area contributed by atoms with Crippen molar-refractivity contribution in [3.05, 3.63) is 39.4 Å². The molecule has 2 N–H and O–H groups in total. The minimum Gasteiger partial charge on any atom is -0.398 e. The van der Waals surface area contributed by atoms with Gasteiger partial charge in [0.25, 0.3) is 0 Å². The molecule has 0 heterocycles. The maximum absolute atomic E-state index is 6.85. The normalized spacial score (nSPS) is 19.7. The van der Waals surface area contributed by atoms with E-state index in [-0.39, 0.29) is 5.41 Å². The molecule has 24 heavy (non-hydrogen) atoms. The van der Waals surface area contributed by atoms with Gasteiger partial charge in [-0.05, 0) is 72.7 Å². The van der Waals surface area contributed by atoms with E-state index in [0.29, 0.717) is 5.92 Å². The van der Waals surface area contributed by atoms with Crippen LogP contribution in [0.2, 0.25) is 0 Å². The number of hydrogen-bond acceptors (Lipinski definition) is 1. The quantitative estimate of drug-likeness (QED) is 0.587. The van der Waals surface area contributed by atoms with Crippen LogP contribution in [0.5, 0.6) is 0 Å². The Morgan fingerprint density at radius 2 is 1.58 bits per heavy atom. The average molecular weight is 317 g/mol. The Kier molecular flexibility index (Phi) is 3.71. The maximum atomic E-state index is 6.85. The van der Waals surface area contributed by atoms with Gasteiger partial charge in [-0.2, -0.15) is 0 Å². The number of fused-ring (bicyclic) bond motifs is 2. The Morgan fingerprint density at radius 3 is 2.17 bits per heavy atom. The largest absolute Gasteiger partial charge is 0.398 e. The first-order valence-corrected chi connectivity index (χ1v) is 9.02. The molecule has 2 aromatic carbocycles. The number of anilines is 1. The molecule has 0 spiro atoms. The molecule has 0 aliphatic heterocycles. The summed E-state index contributed by atoms with van der Waals surface area (Å²) in [4.78, 5) is 0. The zero-order chi connectivity index (χ0) is 18.1. The molecule has 0 amide bonds. The highest BCUT2D eigenvalue weighted by Crippen LogP contribution is 2.50. The highest BCUT2D eigenvalue weighted by atomic mass is 14.6. The lowest BCUT2D eigenvalue weighted by molar-refractivity contribution is 0.399. The molecule has 3 heteroatoms. The maximum Gasteiger partial charge on any atom is 0.140 e. The van der Waals surface area contributed by atoms with Gasteiger partial charge in [-0.1, -0.05) is 37.4 Å². The van der Waals surface area contributed by atoms with Crippen LogP contribution in [0.3, 0.4) is 0 Å². The van der Waals surface area contributed by atoms with Crippen LogP contribution in [-0.4, -0.2) is 15.7 Å². The number of hydrogen-bond donors (Lipinski definition) is 1. The molecular weight excluding hydrogens is 288 g/mol. The van der Waals surface area contributed by atoms with Gasteiger partial charge in [0.1, 0.15) is 15.7 Å². The second kappa shape index (κ2) is 5.18. The molecule has 0 radical (unpaired) electrons. The predicted octanol–water partition coefficient (Wildman–Crippen LogP) is 2.90. The van der Waals surface area contributed by atoms with E-state index in [1.807, 2.05) is 0 Å². The third kappa shape index (κ3) is 1.96. The second-order valence-electron chi connectivity index (χ2n) is 8.39. The van der Waals surface area contributed by atoms with Gasteiger partial charge in [-0.15, -0.1) is 5.47 Å². The van der Waals surface area contributed by atoms with Gasteiger partial charge in [0.2, 0.25) is 0 Å². The zero-order valence-corrected chi connectivity index (χ0v) is 16.7. The molecule has 1 aliphatic rings. The van der Waals surface area contributed by atoms with Crippen LogP contribution in [0, 0.1) is 26.7 Å². The summed E-state index contributed by atoms with van der Waals surface area (Å²) >= 11 is 0. The minimum absolute atomic E-state index is 0.0519. The summed E-state index contributed by atoms with van der Waals surface area (Å²) in [6, 6.07) is 2.41. The molecule has 124 valence electrons. The first-order valence-electron chi connectivity index (χ1n) is 9.02. The Morgan fingerprint density at radius 1 is 1.00 bits per heavy atom. The van der Waals surface area contributed by atoms with Gasteiger partial charge in [0.05, 0.1) is 0 Å². The highest BCUT2D eigenvalue weighted by molar-refractivity contribution is 6.41. The molecule has 3 rings (SSSR count). The molecule has 1 nitrogen and oxygen atoms in total. The summed E-state index contributed by atoms with van der Waals surface area (Å²) in [6.45, 7) is 16.0. The molecule has 0 bridgehead atoms. The zero-order valence-electron chi connectivity index (χ0n) is 16.7. The number of allylic oxidation sites excluding steroid dienone is 2. The van der Waals surface area contributed by atoms with E-state index >= 15 is 0 Å². The van der Waals surface area contributed by atoms with Gasteiger partial charge in [-0.3, -0.25) is 0 Å². The van der Waals surface area contributed by atoms with E-state index in [2.05, 4.69) is 70.2 Å². The summed E-state index contributed by atoms with van der Waals surface area (Å²) in [5.41, 5.74) is 19.0. The Labute approximate surface area is 148 Å². The van der Waals surface area contributed by atoms with Crippen LogP contribution < -0.4 is 11.2 Å². The van der Waals surface area contributed by atoms with Crippen molar-refractivity contribution in [1.82, 2.24) is 0 Å². The second-order valence-corrected chi connectivity index (χ2v) is 8.39. The molecule has 0 saturated heterocycles. The molecule has 1 unspecified atom stereocenters. The summed E-state index contributed by atoms with van der Waals surface area (Å²) < 4.78 is 0. The van der Waals surface area contributed by atoms with Gasteiger partial charge in [0, 0.05) is 11.1 Å². The van der Waals surface area contributed by atoms with Crippen LogP contribution in [0.4, 0.5) is 5.69 Å². The lowest BCUT2D eigenvalue weighted by Crippen LogP contribution is -2.34. The van der Waals surface area contributed by atoms with E-state index in [9.17, 15) is 0 Å². The minimum atomic E-state index is 0.0519. The van der Waals surface area contributed by atoms with Crippen LogP contribution in [0.25, 0.3) is 16.3 Å². The SMILES string of the molecule is BC1=C(C)c2cc3c(B)c(C)c(C)c(C)c3c(N)c2C(C)(C)C1C. The summed E-state index contributed by atoms with van der Waals surface area (Å²) in [7, 11) is 4.52. The number of nitrogen functional groups attached to an aromatic ring is 1. The van der Waals surface area contributed by atoms with Crippen LogP contribution >= 0.6 is 0 Å². The number of rotatable bonds is 0. The standard InChI is InChI=1S/C21H29B2N/c1-9-10(2)16-15(19(23)11(9)3)8-14-12(4)18(22)13(5)21(6,7)17(14)20(16)24/h8,13H,22-24H2,1-7H3. The Bertz CT molecular complexity index is 920. The van der Waals surface area contributed by atoms with Crippen molar-refractivity contribution in [1.29, 1.82) is 0 Å². The monoisotopic (exact) mass is 317 g/mol. The van der Waals surface area contributed by atoms with Gasteiger partial charge in [0.15, 0.2) is 0 Å². The van der Waals surface area contributed by atoms with E-state index in [1.165, 1.54) is 55.1 Å². The lowest BCUT2D eigenvalue weighted by atomic mass is 9.58. The molecule has 0 saturated carbocycles. The van der Waals surface area contributed by atoms with Crippen molar-refractivity contribution in [2.75, 3.05) is 5.73 Å². The fourth-order valence-corrected chi connectivity index (χ4v) is 4.64. The molecular formula is C21H29B2N. The molecule has 2 aromatic rings. The first-order chi connectivity index (χ1) is 11.0. The van der Waals surface area contributed by atoms with Gasteiger partial charge >= 0.3 is 0 Å². The molecule has 0 aromatic heterocycles. The van der Waals surface area contributed by atoms with Crippen LogP contribution in [0.1, 0.15) is 55.5 Å². The molecule has 0 fully saturated rings. The Balaban J connectivity index is 2.60. The third-order valence-electron chi connectivity index (χ3n) is 7.20. The van der Waals surface area contributed by atoms with Crippen molar-refractivity contribution in [3.63, 3.8) is 0 Å². The Hall–Kier alpha value is -1.63. The first kappa shape index (κ1) is 17.2. The highest BCUT2D eigenvalue weighted by Gasteiger charge is 2.38. The van der Waals surface area contributed by atoms with Crippen molar-refractivity contribution >= 4 is 43.2 Å². The fourth-order valence-electron chi connectivity index (χ4n) is 4.64. The van der Waals surface area contributed by atoms with Crippen molar-refractivity contribution in [2.45, 2.75) is 53.9 Å². The molecule has 1 aliphatic carbocycles. The summed E-state index contributed by atoms with van der Waals surface area (Å²) in [5.74, 6) is 0.498.